The summed E-state index contributed by atoms with van der Waals surface area (Å²) in [7, 11) is 0. The van der Waals surface area contributed by atoms with Gasteiger partial charge in [-0.25, -0.2) is 0 Å². The molecule has 0 aromatic heterocycles. The monoisotopic (exact) mass is 302 g/mol. The number of carbonyl (C=O) groups is 2. The predicted molar refractivity (Wildman–Crippen MR) is 83.5 cm³/mol. The Morgan fingerprint density at radius 2 is 2.05 bits per heavy atom. The van der Waals surface area contributed by atoms with Crippen molar-refractivity contribution in [3.05, 3.63) is 29.8 Å². The minimum atomic E-state index is -0.888. The van der Waals surface area contributed by atoms with Crippen molar-refractivity contribution < 1.29 is 14.3 Å². The van der Waals surface area contributed by atoms with Gasteiger partial charge in [0, 0.05) is 18.8 Å². The van der Waals surface area contributed by atoms with Gasteiger partial charge in [0.05, 0.1) is 6.10 Å². The zero-order valence-electron chi connectivity index (χ0n) is 12.9. The lowest BCUT2D eigenvalue weighted by Gasteiger charge is -2.18. The van der Waals surface area contributed by atoms with E-state index in [-0.39, 0.29) is 17.9 Å². The zero-order valence-corrected chi connectivity index (χ0v) is 12.9. The highest BCUT2D eigenvalue weighted by Crippen LogP contribution is 2.47. The first kappa shape index (κ1) is 15.0. The van der Waals surface area contributed by atoms with Crippen LogP contribution in [-0.2, 0) is 14.3 Å². The number of amides is 2. The standard InChI is InChI=1S/C17H22N2O3/c1-12-5-2-3-7-14(12)19-16(21)17(8-9-17)15(20)18-11-13-6-4-10-22-13/h2-3,5,7,13H,4,6,8-11H2,1H3,(H,18,20)(H,19,21). The van der Waals surface area contributed by atoms with Crippen LogP contribution in [0, 0.1) is 12.3 Å². The SMILES string of the molecule is Cc1ccccc1NC(=O)C1(C(=O)NCC2CCCO2)CC1. The Kier molecular flexibility index (Phi) is 4.16. The molecule has 5 heteroatoms. The topological polar surface area (TPSA) is 67.4 Å². The van der Waals surface area contributed by atoms with E-state index in [0.29, 0.717) is 19.4 Å². The van der Waals surface area contributed by atoms with Crippen LogP contribution in [0.15, 0.2) is 24.3 Å². The molecule has 3 rings (SSSR count). The summed E-state index contributed by atoms with van der Waals surface area (Å²) < 4.78 is 5.49. The van der Waals surface area contributed by atoms with Crippen LogP contribution in [0.1, 0.15) is 31.2 Å². The molecule has 1 atom stereocenters. The summed E-state index contributed by atoms with van der Waals surface area (Å²) in [6, 6.07) is 7.59. The number of hydrogen-bond donors (Lipinski definition) is 2. The summed E-state index contributed by atoms with van der Waals surface area (Å²) in [6.07, 6.45) is 3.34. The minimum absolute atomic E-state index is 0.0965. The van der Waals surface area contributed by atoms with Gasteiger partial charge >= 0.3 is 0 Å². The molecule has 5 nitrogen and oxygen atoms in total. The smallest absolute Gasteiger partial charge is 0.240 e. The van der Waals surface area contributed by atoms with E-state index in [0.717, 1.165) is 30.7 Å². The molecule has 2 fully saturated rings. The number of ether oxygens (including phenoxy) is 1. The second-order valence-corrected chi connectivity index (χ2v) is 6.20. The molecule has 0 radical (unpaired) electrons. The number of aryl methyl sites for hydroxylation is 1. The van der Waals surface area contributed by atoms with E-state index in [4.69, 9.17) is 4.74 Å². The number of anilines is 1. The second kappa shape index (κ2) is 6.08. The highest BCUT2D eigenvalue weighted by Gasteiger charge is 2.56. The average molecular weight is 302 g/mol. The summed E-state index contributed by atoms with van der Waals surface area (Å²) in [5, 5.41) is 5.77. The second-order valence-electron chi connectivity index (χ2n) is 6.20. The van der Waals surface area contributed by atoms with Crippen molar-refractivity contribution in [2.45, 2.75) is 38.7 Å². The van der Waals surface area contributed by atoms with Gasteiger partial charge in [0.15, 0.2) is 0 Å². The fourth-order valence-corrected chi connectivity index (χ4v) is 2.82. The number of rotatable bonds is 5. The van der Waals surface area contributed by atoms with Crippen molar-refractivity contribution in [3.63, 3.8) is 0 Å². The largest absolute Gasteiger partial charge is 0.376 e. The third kappa shape index (κ3) is 2.99. The molecule has 1 aromatic carbocycles. The van der Waals surface area contributed by atoms with Crippen molar-refractivity contribution in [1.82, 2.24) is 5.32 Å². The number of para-hydroxylation sites is 1. The predicted octanol–water partition coefficient (Wildman–Crippen LogP) is 2.01. The maximum absolute atomic E-state index is 12.5. The number of nitrogens with one attached hydrogen (secondary N) is 2. The minimum Gasteiger partial charge on any atom is -0.376 e. The Balaban J connectivity index is 1.58. The molecule has 1 saturated heterocycles. The summed E-state index contributed by atoms with van der Waals surface area (Å²) in [5.74, 6) is -0.374. The van der Waals surface area contributed by atoms with Crippen LogP contribution in [-0.4, -0.2) is 31.1 Å². The first-order valence-corrected chi connectivity index (χ1v) is 7.89. The normalized spacial score (nSPS) is 22.1. The van der Waals surface area contributed by atoms with Crippen LogP contribution in [0.25, 0.3) is 0 Å². The first-order valence-electron chi connectivity index (χ1n) is 7.89. The van der Waals surface area contributed by atoms with Crippen molar-refractivity contribution in [2.75, 3.05) is 18.5 Å². The highest BCUT2D eigenvalue weighted by atomic mass is 16.5. The van der Waals surface area contributed by atoms with E-state index in [1.54, 1.807) is 0 Å². The van der Waals surface area contributed by atoms with E-state index in [2.05, 4.69) is 10.6 Å². The van der Waals surface area contributed by atoms with Crippen molar-refractivity contribution in [2.24, 2.45) is 5.41 Å². The van der Waals surface area contributed by atoms with Crippen LogP contribution in [0.5, 0.6) is 0 Å². The molecular weight excluding hydrogens is 280 g/mol. The number of benzene rings is 1. The van der Waals surface area contributed by atoms with E-state index < -0.39 is 5.41 Å². The van der Waals surface area contributed by atoms with Gasteiger partial charge in [0.2, 0.25) is 11.8 Å². The van der Waals surface area contributed by atoms with Crippen LogP contribution >= 0.6 is 0 Å². The molecule has 1 aliphatic heterocycles. The van der Waals surface area contributed by atoms with Crippen LogP contribution in [0.3, 0.4) is 0 Å². The number of carbonyl (C=O) groups excluding carboxylic acids is 2. The van der Waals surface area contributed by atoms with Gasteiger partial charge in [-0.2, -0.15) is 0 Å². The van der Waals surface area contributed by atoms with Gasteiger partial charge in [-0.05, 0) is 44.2 Å². The molecule has 2 N–H and O–H groups in total. The van der Waals surface area contributed by atoms with Gasteiger partial charge in [-0.3, -0.25) is 9.59 Å². The van der Waals surface area contributed by atoms with Crippen LogP contribution in [0.4, 0.5) is 5.69 Å². The molecule has 0 spiro atoms. The summed E-state index contributed by atoms with van der Waals surface area (Å²) in [6.45, 7) is 3.20. The lowest BCUT2D eigenvalue weighted by molar-refractivity contribution is -0.134. The molecule has 118 valence electrons. The van der Waals surface area contributed by atoms with Crippen LogP contribution < -0.4 is 10.6 Å². The maximum atomic E-state index is 12.5. The molecule has 22 heavy (non-hydrogen) atoms. The molecule has 1 aliphatic carbocycles. The van der Waals surface area contributed by atoms with Crippen molar-refractivity contribution in [3.8, 4) is 0 Å². The summed E-state index contributed by atoms with van der Waals surface area (Å²) in [5.41, 5.74) is 0.873. The molecular formula is C17H22N2O3. The molecule has 2 aliphatic rings. The molecule has 1 aromatic rings. The Bertz CT molecular complexity index is 575. The summed E-state index contributed by atoms with van der Waals surface area (Å²) in [4.78, 5) is 24.9. The Labute approximate surface area is 130 Å². The molecule has 0 bridgehead atoms. The van der Waals surface area contributed by atoms with Gasteiger partial charge in [0.1, 0.15) is 5.41 Å². The Morgan fingerprint density at radius 3 is 2.68 bits per heavy atom. The van der Waals surface area contributed by atoms with Crippen molar-refractivity contribution >= 4 is 17.5 Å². The fourth-order valence-electron chi connectivity index (χ4n) is 2.82. The third-order valence-corrected chi connectivity index (χ3v) is 4.53. The lowest BCUT2D eigenvalue weighted by atomic mass is 10.0. The third-order valence-electron chi connectivity index (χ3n) is 4.53. The summed E-state index contributed by atoms with van der Waals surface area (Å²) >= 11 is 0. The van der Waals surface area contributed by atoms with Gasteiger partial charge < -0.3 is 15.4 Å². The molecule has 1 unspecified atom stereocenters. The van der Waals surface area contributed by atoms with E-state index in [1.807, 2.05) is 31.2 Å². The lowest BCUT2D eigenvalue weighted by Crippen LogP contribution is -2.42. The maximum Gasteiger partial charge on any atom is 0.240 e. The zero-order chi connectivity index (χ0) is 15.6. The Morgan fingerprint density at radius 1 is 1.27 bits per heavy atom. The Hall–Kier alpha value is -1.88. The van der Waals surface area contributed by atoms with Gasteiger partial charge in [-0.15, -0.1) is 0 Å². The molecule has 1 saturated carbocycles. The van der Waals surface area contributed by atoms with E-state index in [9.17, 15) is 9.59 Å². The highest BCUT2D eigenvalue weighted by molar-refractivity contribution is 6.13. The van der Waals surface area contributed by atoms with Crippen molar-refractivity contribution in [1.29, 1.82) is 0 Å². The number of hydrogen-bond acceptors (Lipinski definition) is 3. The average Bonchev–Trinajstić information content (AvgIpc) is 3.17. The van der Waals surface area contributed by atoms with Gasteiger partial charge in [0.25, 0.3) is 0 Å². The quantitative estimate of drug-likeness (QED) is 0.818. The fraction of sp³-hybridized carbons (Fsp3) is 0.529. The van der Waals surface area contributed by atoms with E-state index in [1.165, 1.54) is 0 Å². The first-order chi connectivity index (χ1) is 10.6. The van der Waals surface area contributed by atoms with Crippen LogP contribution in [0.2, 0.25) is 0 Å². The van der Waals surface area contributed by atoms with Gasteiger partial charge in [-0.1, -0.05) is 18.2 Å². The molecule has 1 heterocycles. The molecule has 2 amide bonds. The van der Waals surface area contributed by atoms with E-state index >= 15 is 0 Å².